The van der Waals surface area contributed by atoms with Crippen LogP contribution in [0.5, 0.6) is 0 Å². The third-order valence-electron chi connectivity index (χ3n) is 1.11. The van der Waals surface area contributed by atoms with Gasteiger partial charge < -0.3 is 0 Å². The Morgan fingerprint density at radius 3 is 2.80 bits per heavy atom. The summed E-state index contributed by atoms with van der Waals surface area (Å²) >= 11 is 0. The van der Waals surface area contributed by atoms with Gasteiger partial charge in [-0.3, -0.25) is 9.36 Å². The first kappa shape index (κ1) is 7.10. The number of carbonyl (C=O) groups excluding carboxylic acids is 1. The van der Waals surface area contributed by atoms with Gasteiger partial charge in [-0.25, -0.2) is 0 Å². The fraction of sp³-hybridized carbons (Fsp3) is 0. The highest BCUT2D eigenvalue weighted by Crippen LogP contribution is 1.98. The predicted octanol–water partition coefficient (Wildman–Crippen LogP) is 1.42. The normalized spacial score (nSPS) is 9.60. The first-order valence-electron chi connectivity index (χ1n) is 2.75. The molecule has 0 atom stereocenters. The number of aldehydes is 1. The standard InChI is InChI=1S/C7H5O2P/c8-5-6-2-1-3-7(4-6)10-9/h1-5H. The maximum absolute atomic E-state index is 10.3. The van der Waals surface area contributed by atoms with Gasteiger partial charge in [0.2, 0.25) is 0 Å². The molecular formula is C7H5O2P. The van der Waals surface area contributed by atoms with Gasteiger partial charge in [-0.05, 0) is 12.1 Å². The summed E-state index contributed by atoms with van der Waals surface area (Å²) in [5.41, 5.74) is 0.556. The van der Waals surface area contributed by atoms with Crippen molar-refractivity contribution in [2.45, 2.75) is 0 Å². The van der Waals surface area contributed by atoms with E-state index < -0.39 is 0 Å². The zero-order chi connectivity index (χ0) is 7.40. The maximum atomic E-state index is 10.3. The minimum absolute atomic E-state index is 0.0450. The lowest BCUT2D eigenvalue weighted by Gasteiger charge is -1.88. The van der Waals surface area contributed by atoms with Gasteiger partial charge in [0, 0.05) is 10.9 Å². The minimum atomic E-state index is -0.0450. The van der Waals surface area contributed by atoms with Crippen LogP contribution in [0.3, 0.4) is 0 Å². The summed E-state index contributed by atoms with van der Waals surface area (Å²) in [5, 5.41) is 0.629. The Balaban J connectivity index is 3.09. The van der Waals surface area contributed by atoms with E-state index in [1.165, 1.54) is 0 Å². The second-order valence-electron chi connectivity index (χ2n) is 1.80. The lowest BCUT2D eigenvalue weighted by Crippen LogP contribution is -1.91. The van der Waals surface area contributed by atoms with Crippen LogP contribution in [-0.4, -0.2) is 6.29 Å². The Kier molecular flexibility index (Phi) is 2.30. The molecule has 0 aliphatic rings. The van der Waals surface area contributed by atoms with Crippen molar-refractivity contribution in [3.8, 4) is 0 Å². The molecule has 0 aromatic heterocycles. The monoisotopic (exact) mass is 152 g/mol. The topological polar surface area (TPSA) is 34.1 Å². The average Bonchev–Trinajstić information content (AvgIpc) is 2.05. The molecule has 0 saturated heterocycles. The Hall–Kier alpha value is -1.01. The number of hydrogen-bond donors (Lipinski definition) is 0. The zero-order valence-electron chi connectivity index (χ0n) is 5.15. The van der Waals surface area contributed by atoms with Crippen LogP contribution in [0.2, 0.25) is 0 Å². The molecule has 0 aliphatic heterocycles. The molecule has 10 heavy (non-hydrogen) atoms. The molecule has 0 amide bonds. The van der Waals surface area contributed by atoms with Crippen LogP contribution < -0.4 is 5.30 Å². The van der Waals surface area contributed by atoms with E-state index in [1.807, 2.05) is 0 Å². The second-order valence-corrected chi connectivity index (χ2v) is 2.50. The summed E-state index contributed by atoms with van der Waals surface area (Å²) in [5.74, 6) is 0. The van der Waals surface area contributed by atoms with Crippen molar-refractivity contribution in [3.63, 3.8) is 0 Å². The highest BCUT2D eigenvalue weighted by molar-refractivity contribution is 7.34. The molecule has 0 radical (unpaired) electrons. The van der Waals surface area contributed by atoms with E-state index >= 15 is 0 Å². The molecule has 0 aliphatic carbocycles. The Morgan fingerprint density at radius 1 is 1.40 bits per heavy atom. The van der Waals surface area contributed by atoms with Crippen molar-refractivity contribution in [3.05, 3.63) is 29.8 Å². The molecule has 0 heterocycles. The van der Waals surface area contributed by atoms with E-state index in [4.69, 9.17) is 0 Å². The summed E-state index contributed by atoms with van der Waals surface area (Å²) in [7, 11) is -0.0450. The highest BCUT2D eigenvalue weighted by Gasteiger charge is 1.91. The fourth-order valence-electron chi connectivity index (χ4n) is 0.655. The van der Waals surface area contributed by atoms with Gasteiger partial charge in [0.25, 0.3) is 0 Å². The van der Waals surface area contributed by atoms with Crippen molar-refractivity contribution in [2.75, 3.05) is 0 Å². The van der Waals surface area contributed by atoms with Gasteiger partial charge in [-0.2, -0.15) is 0 Å². The van der Waals surface area contributed by atoms with Crippen molar-refractivity contribution < 1.29 is 9.36 Å². The van der Waals surface area contributed by atoms with Crippen molar-refractivity contribution in [1.82, 2.24) is 0 Å². The third kappa shape index (κ3) is 1.49. The quantitative estimate of drug-likeness (QED) is 0.474. The zero-order valence-corrected chi connectivity index (χ0v) is 6.04. The predicted molar refractivity (Wildman–Crippen MR) is 39.1 cm³/mol. The van der Waals surface area contributed by atoms with Gasteiger partial charge in [0.1, 0.15) is 6.29 Å². The SMILES string of the molecule is O=Cc1cccc(P=O)c1. The summed E-state index contributed by atoms with van der Waals surface area (Å²) in [4.78, 5) is 10.2. The molecule has 0 spiro atoms. The number of rotatable bonds is 2. The van der Waals surface area contributed by atoms with Crippen molar-refractivity contribution in [1.29, 1.82) is 0 Å². The van der Waals surface area contributed by atoms with E-state index in [2.05, 4.69) is 0 Å². The Morgan fingerprint density at radius 2 is 2.20 bits per heavy atom. The van der Waals surface area contributed by atoms with Crippen LogP contribution in [0.1, 0.15) is 10.4 Å². The molecule has 1 aromatic rings. The van der Waals surface area contributed by atoms with E-state index in [-0.39, 0.29) is 8.46 Å². The smallest absolute Gasteiger partial charge is 0.192 e. The van der Waals surface area contributed by atoms with E-state index in [9.17, 15) is 9.36 Å². The van der Waals surface area contributed by atoms with E-state index in [1.54, 1.807) is 24.3 Å². The minimum Gasteiger partial charge on any atom is -0.298 e. The first-order chi connectivity index (χ1) is 4.86. The number of benzene rings is 1. The van der Waals surface area contributed by atoms with Crippen molar-refractivity contribution in [2.24, 2.45) is 0 Å². The van der Waals surface area contributed by atoms with Crippen molar-refractivity contribution >= 4 is 20.1 Å². The van der Waals surface area contributed by atoms with Gasteiger partial charge in [0.05, 0.1) is 0 Å². The lowest BCUT2D eigenvalue weighted by atomic mass is 10.2. The molecule has 1 rings (SSSR count). The molecule has 0 N–H and O–H groups in total. The highest BCUT2D eigenvalue weighted by atomic mass is 31.1. The molecule has 2 nitrogen and oxygen atoms in total. The lowest BCUT2D eigenvalue weighted by molar-refractivity contribution is 0.112. The summed E-state index contributed by atoms with van der Waals surface area (Å²) in [6.45, 7) is 0. The summed E-state index contributed by atoms with van der Waals surface area (Å²) in [6, 6.07) is 6.65. The number of hydrogen-bond acceptors (Lipinski definition) is 2. The van der Waals surface area contributed by atoms with Crippen LogP contribution >= 0.6 is 8.46 Å². The fourth-order valence-corrected chi connectivity index (χ4v) is 1.00. The van der Waals surface area contributed by atoms with Crippen LogP contribution in [0, 0.1) is 0 Å². The van der Waals surface area contributed by atoms with Crippen LogP contribution in [0.25, 0.3) is 0 Å². The number of carbonyl (C=O) groups is 1. The van der Waals surface area contributed by atoms with Crippen LogP contribution in [0.4, 0.5) is 0 Å². The van der Waals surface area contributed by atoms with Crippen LogP contribution in [0.15, 0.2) is 24.3 Å². The van der Waals surface area contributed by atoms with Gasteiger partial charge >= 0.3 is 0 Å². The van der Waals surface area contributed by atoms with Gasteiger partial charge in [-0.15, -0.1) is 0 Å². The molecule has 0 bridgehead atoms. The summed E-state index contributed by atoms with van der Waals surface area (Å²) in [6.07, 6.45) is 0.731. The Labute approximate surface area is 60.1 Å². The molecule has 0 saturated carbocycles. The third-order valence-corrected chi connectivity index (χ3v) is 1.60. The molecular weight excluding hydrogens is 147 g/mol. The maximum Gasteiger partial charge on any atom is 0.192 e. The van der Waals surface area contributed by atoms with E-state index in [0.717, 1.165) is 6.29 Å². The molecule has 50 valence electrons. The van der Waals surface area contributed by atoms with Gasteiger partial charge in [0.15, 0.2) is 8.46 Å². The molecule has 3 heteroatoms. The second kappa shape index (κ2) is 3.23. The first-order valence-corrected chi connectivity index (χ1v) is 3.56. The van der Waals surface area contributed by atoms with E-state index in [0.29, 0.717) is 10.9 Å². The average molecular weight is 152 g/mol. The molecule has 1 aromatic carbocycles. The Bertz CT molecular complexity index is 234. The largest absolute Gasteiger partial charge is 0.298 e. The molecule has 0 fully saturated rings. The van der Waals surface area contributed by atoms with Crippen LogP contribution in [-0.2, 0) is 4.57 Å². The summed E-state index contributed by atoms with van der Waals surface area (Å²) < 4.78 is 10.3. The molecule has 0 unspecified atom stereocenters. The van der Waals surface area contributed by atoms with Gasteiger partial charge in [-0.1, -0.05) is 12.1 Å².